The molecule has 0 aliphatic rings. The Morgan fingerprint density at radius 3 is 2.70 bits per heavy atom. The zero-order valence-electron chi connectivity index (χ0n) is 16.2. The van der Waals surface area contributed by atoms with Crippen LogP contribution in [0.25, 0.3) is 10.9 Å². The van der Waals surface area contributed by atoms with E-state index in [1.807, 2.05) is 18.2 Å². The first kappa shape index (κ1) is 21.3. The molecule has 0 saturated heterocycles. The van der Waals surface area contributed by atoms with Crippen LogP contribution in [0.3, 0.4) is 0 Å². The SMILES string of the molecule is COc1ccccc1CNC(=O)Cn1c(CCC(=O)O)nc2c(Cl)cccc2c1=O. The molecule has 0 spiro atoms. The fourth-order valence-electron chi connectivity index (χ4n) is 3.07. The minimum Gasteiger partial charge on any atom is -0.496 e. The second-order valence-electron chi connectivity index (χ2n) is 6.54. The van der Waals surface area contributed by atoms with E-state index in [2.05, 4.69) is 10.3 Å². The van der Waals surface area contributed by atoms with Gasteiger partial charge in [0.2, 0.25) is 5.91 Å². The molecule has 156 valence electrons. The van der Waals surface area contributed by atoms with Gasteiger partial charge in [-0.15, -0.1) is 0 Å². The number of fused-ring (bicyclic) bond motifs is 1. The van der Waals surface area contributed by atoms with Gasteiger partial charge in [0.15, 0.2) is 0 Å². The van der Waals surface area contributed by atoms with E-state index >= 15 is 0 Å². The molecule has 0 bridgehead atoms. The molecule has 2 aromatic carbocycles. The smallest absolute Gasteiger partial charge is 0.303 e. The Morgan fingerprint density at radius 2 is 1.97 bits per heavy atom. The van der Waals surface area contributed by atoms with Gasteiger partial charge in [0.05, 0.1) is 29.5 Å². The topological polar surface area (TPSA) is 111 Å². The zero-order valence-corrected chi connectivity index (χ0v) is 17.0. The summed E-state index contributed by atoms with van der Waals surface area (Å²) in [6, 6.07) is 12.1. The number of aromatic nitrogens is 2. The van der Waals surface area contributed by atoms with Crippen LogP contribution in [0.2, 0.25) is 5.02 Å². The van der Waals surface area contributed by atoms with Gasteiger partial charge in [-0.2, -0.15) is 0 Å². The summed E-state index contributed by atoms with van der Waals surface area (Å²) in [5, 5.41) is 12.3. The van der Waals surface area contributed by atoms with E-state index in [9.17, 15) is 14.4 Å². The molecule has 3 rings (SSSR count). The number of nitrogens with one attached hydrogen (secondary N) is 1. The number of rotatable bonds is 8. The van der Waals surface area contributed by atoms with E-state index in [4.69, 9.17) is 21.4 Å². The highest BCUT2D eigenvalue weighted by molar-refractivity contribution is 6.34. The number of aryl methyl sites for hydroxylation is 1. The molecule has 0 radical (unpaired) electrons. The van der Waals surface area contributed by atoms with E-state index in [-0.39, 0.29) is 47.7 Å². The normalized spacial score (nSPS) is 10.7. The maximum atomic E-state index is 13.0. The molecule has 0 fully saturated rings. The van der Waals surface area contributed by atoms with Crippen molar-refractivity contribution in [2.24, 2.45) is 0 Å². The number of hydrogen-bond acceptors (Lipinski definition) is 5. The van der Waals surface area contributed by atoms with Gasteiger partial charge in [0.1, 0.15) is 18.1 Å². The third-order valence-electron chi connectivity index (χ3n) is 4.55. The van der Waals surface area contributed by atoms with E-state index < -0.39 is 17.4 Å². The van der Waals surface area contributed by atoms with Crippen LogP contribution in [-0.2, 0) is 29.1 Å². The Kier molecular flexibility index (Phi) is 6.68. The summed E-state index contributed by atoms with van der Waals surface area (Å²) in [6.45, 7) is -0.0761. The number of methoxy groups -OCH3 is 1. The van der Waals surface area contributed by atoms with E-state index in [0.29, 0.717) is 5.75 Å². The number of carbonyl (C=O) groups excluding carboxylic acids is 1. The molecule has 30 heavy (non-hydrogen) atoms. The van der Waals surface area contributed by atoms with Crippen LogP contribution in [0.1, 0.15) is 17.8 Å². The highest BCUT2D eigenvalue weighted by Gasteiger charge is 2.16. The van der Waals surface area contributed by atoms with Crippen LogP contribution >= 0.6 is 11.6 Å². The van der Waals surface area contributed by atoms with Crippen molar-refractivity contribution in [2.75, 3.05) is 7.11 Å². The van der Waals surface area contributed by atoms with Crippen molar-refractivity contribution in [1.82, 2.24) is 14.9 Å². The molecule has 1 aromatic heterocycles. The lowest BCUT2D eigenvalue weighted by molar-refractivity contribution is -0.137. The first-order valence-corrected chi connectivity index (χ1v) is 9.57. The molecule has 3 aromatic rings. The van der Waals surface area contributed by atoms with Crippen molar-refractivity contribution in [3.8, 4) is 5.75 Å². The maximum absolute atomic E-state index is 13.0. The summed E-state index contributed by atoms with van der Waals surface area (Å²) in [6.07, 6.45) is -0.239. The standard InChI is InChI=1S/C21H20ClN3O5/c1-30-16-8-3-2-5-13(16)11-23-18(26)12-25-17(9-10-19(27)28)24-20-14(21(25)29)6-4-7-15(20)22/h2-8H,9-12H2,1H3,(H,23,26)(H,27,28). The zero-order chi connectivity index (χ0) is 21.7. The lowest BCUT2D eigenvalue weighted by Crippen LogP contribution is -2.34. The van der Waals surface area contributed by atoms with Crippen LogP contribution in [0.5, 0.6) is 5.75 Å². The maximum Gasteiger partial charge on any atom is 0.303 e. The number of para-hydroxylation sites is 2. The summed E-state index contributed by atoms with van der Waals surface area (Å²) >= 11 is 6.15. The van der Waals surface area contributed by atoms with Crippen LogP contribution < -0.4 is 15.6 Å². The van der Waals surface area contributed by atoms with Gasteiger partial charge < -0.3 is 15.2 Å². The van der Waals surface area contributed by atoms with Crippen LogP contribution in [-0.4, -0.2) is 33.6 Å². The number of amides is 1. The molecule has 1 heterocycles. The molecule has 0 unspecified atom stereocenters. The van der Waals surface area contributed by atoms with Crippen molar-refractivity contribution >= 4 is 34.4 Å². The first-order chi connectivity index (χ1) is 14.4. The summed E-state index contributed by atoms with van der Waals surface area (Å²) < 4.78 is 6.46. The van der Waals surface area contributed by atoms with Gasteiger partial charge >= 0.3 is 5.97 Å². The molecule has 9 heteroatoms. The van der Waals surface area contributed by atoms with Gasteiger partial charge in [0.25, 0.3) is 5.56 Å². The third kappa shape index (κ3) is 4.77. The van der Waals surface area contributed by atoms with Gasteiger partial charge in [-0.3, -0.25) is 19.0 Å². The number of nitrogens with zero attached hydrogens (tertiary/aromatic N) is 2. The van der Waals surface area contributed by atoms with E-state index in [1.165, 1.54) is 4.57 Å². The van der Waals surface area contributed by atoms with Crippen molar-refractivity contribution in [1.29, 1.82) is 0 Å². The minimum atomic E-state index is -1.03. The minimum absolute atomic E-state index is 0.00841. The lowest BCUT2D eigenvalue weighted by atomic mass is 10.2. The number of ether oxygens (including phenoxy) is 1. The average molecular weight is 430 g/mol. The van der Waals surface area contributed by atoms with Gasteiger partial charge in [0, 0.05) is 18.5 Å². The van der Waals surface area contributed by atoms with Crippen LogP contribution in [0, 0.1) is 0 Å². The molecule has 0 saturated carbocycles. The number of carbonyl (C=O) groups is 2. The summed E-state index contributed by atoms with van der Waals surface area (Å²) in [7, 11) is 1.54. The molecule has 0 aliphatic heterocycles. The molecule has 1 amide bonds. The summed E-state index contributed by atoms with van der Waals surface area (Å²) in [5.74, 6) is -0.618. The predicted octanol–water partition coefficient (Wildman–Crippen LogP) is 2.39. The second kappa shape index (κ2) is 9.41. The van der Waals surface area contributed by atoms with Crippen LogP contribution in [0.15, 0.2) is 47.3 Å². The highest BCUT2D eigenvalue weighted by atomic mass is 35.5. The Bertz CT molecular complexity index is 1160. The number of benzene rings is 2. The van der Waals surface area contributed by atoms with Gasteiger partial charge in [-0.25, -0.2) is 4.98 Å². The number of hydrogen-bond donors (Lipinski definition) is 2. The molecule has 0 atom stereocenters. The number of aliphatic carboxylic acids is 1. The van der Waals surface area contributed by atoms with E-state index in [0.717, 1.165) is 5.56 Å². The largest absolute Gasteiger partial charge is 0.496 e. The third-order valence-corrected chi connectivity index (χ3v) is 4.85. The highest BCUT2D eigenvalue weighted by Crippen LogP contribution is 2.20. The average Bonchev–Trinajstić information content (AvgIpc) is 2.73. The monoisotopic (exact) mass is 429 g/mol. The van der Waals surface area contributed by atoms with Crippen molar-refractivity contribution < 1.29 is 19.4 Å². The van der Waals surface area contributed by atoms with Gasteiger partial charge in [-0.1, -0.05) is 35.9 Å². The second-order valence-corrected chi connectivity index (χ2v) is 6.94. The lowest BCUT2D eigenvalue weighted by Gasteiger charge is -2.14. The molecular formula is C21H20ClN3O5. The molecule has 8 nitrogen and oxygen atoms in total. The van der Waals surface area contributed by atoms with Crippen molar-refractivity contribution in [3.63, 3.8) is 0 Å². The molecule has 0 aliphatic carbocycles. The molecule has 2 N–H and O–H groups in total. The Labute approximate surface area is 177 Å². The summed E-state index contributed by atoms with van der Waals surface area (Å²) in [4.78, 5) is 40.9. The van der Waals surface area contributed by atoms with Crippen molar-refractivity contribution in [2.45, 2.75) is 25.9 Å². The summed E-state index contributed by atoms with van der Waals surface area (Å²) in [5.41, 5.74) is 0.626. The fraction of sp³-hybridized carbons (Fsp3) is 0.238. The Hall–Kier alpha value is -3.39. The number of carboxylic acid groups (broad SMARTS) is 1. The molecular weight excluding hydrogens is 410 g/mol. The number of halogens is 1. The quantitative estimate of drug-likeness (QED) is 0.568. The van der Waals surface area contributed by atoms with E-state index in [1.54, 1.807) is 31.4 Å². The number of carboxylic acids is 1. The Morgan fingerprint density at radius 1 is 1.20 bits per heavy atom. The Balaban J connectivity index is 1.88. The first-order valence-electron chi connectivity index (χ1n) is 9.19. The fourth-order valence-corrected chi connectivity index (χ4v) is 3.29. The van der Waals surface area contributed by atoms with Crippen LogP contribution in [0.4, 0.5) is 0 Å². The van der Waals surface area contributed by atoms with Gasteiger partial charge in [-0.05, 0) is 18.2 Å². The van der Waals surface area contributed by atoms with Crippen molar-refractivity contribution in [3.05, 3.63) is 69.2 Å². The predicted molar refractivity (Wildman–Crippen MR) is 112 cm³/mol.